The van der Waals surface area contributed by atoms with Gasteiger partial charge < -0.3 is 24.6 Å². The minimum atomic E-state index is -0.716. The first kappa shape index (κ1) is 22.8. The molecule has 0 radical (unpaired) electrons. The van der Waals surface area contributed by atoms with Crippen LogP contribution in [0.15, 0.2) is 50.6 Å². The Bertz CT molecular complexity index is 670. The molecule has 0 aliphatic carbocycles. The summed E-state index contributed by atoms with van der Waals surface area (Å²) in [6.07, 6.45) is 6.29. The summed E-state index contributed by atoms with van der Waals surface area (Å²) >= 11 is 0. The van der Waals surface area contributed by atoms with Gasteiger partial charge in [0.25, 0.3) is 0 Å². The van der Waals surface area contributed by atoms with Crippen molar-refractivity contribution in [2.75, 3.05) is 32.7 Å². The summed E-state index contributed by atoms with van der Waals surface area (Å²) in [6.45, 7) is 5.84. The number of nitrogens with zero attached hydrogens (tertiary/aromatic N) is 2. The van der Waals surface area contributed by atoms with Crippen LogP contribution in [-0.2, 0) is 0 Å². The van der Waals surface area contributed by atoms with Gasteiger partial charge in [-0.05, 0) is 57.1 Å². The molecule has 0 aromatic carbocycles. The second kappa shape index (κ2) is 12.1. The second-order valence-corrected chi connectivity index (χ2v) is 6.76. The molecule has 3 N–H and O–H groups in total. The molecule has 28 heavy (non-hydrogen) atoms. The van der Waals surface area contributed by atoms with E-state index >= 15 is 0 Å². The Kier molecular flexibility index (Phi) is 9.86. The van der Waals surface area contributed by atoms with Crippen LogP contribution >= 0.6 is 24.0 Å². The SMILES string of the molecule is CCNC(=NCC(c1ccco1)N1CCCCC1)NCC(O)c1ccco1.I. The molecule has 8 heteroatoms. The van der Waals surface area contributed by atoms with Gasteiger partial charge in [-0.2, -0.15) is 0 Å². The largest absolute Gasteiger partial charge is 0.468 e. The van der Waals surface area contributed by atoms with Crippen LogP contribution in [0, 0.1) is 0 Å². The van der Waals surface area contributed by atoms with Crippen molar-refractivity contribution in [1.29, 1.82) is 0 Å². The summed E-state index contributed by atoms with van der Waals surface area (Å²) in [7, 11) is 0. The third-order valence-electron chi connectivity index (χ3n) is 4.80. The summed E-state index contributed by atoms with van der Waals surface area (Å²) in [6, 6.07) is 7.62. The Morgan fingerprint density at radius 3 is 2.39 bits per heavy atom. The fourth-order valence-corrected chi connectivity index (χ4v) is 3.39. The van der Waals surface area contributed by atoms with Crippen molar-refractivity contribution in [1.82, 2.24) is 15.5 Å². The van der Waals surface area contributed by atoms with Gasteiger partial charge in [-0.3, -0.25) is 9.89 Å². The van der Waals surface area contributed by atoms with Crippen LogP contribution in [0.25, 0.3) is 0 Å². The minimum Gasteiger partial charge on any atom is -0.468 e. The van der Waals surface area contributed by atoms with Gasteiger partial charge in [0.1, 0.15) is 17.6 Å². The van der Waals surface area contributed by atoms with E-state index in [2.05, 4.69) is 15.5 Å². The number of rotatable bonds is 8. The molecule has 0 bridgehead atoms. The van der Waals surface area contributed by atoms with Crippen LogP contribution in [-0.4, -0.2) is 48.7 Å². The number of nitrogens with one attached hydrogen (secondary N) is 2. The van der Waals surface area contributed by atoms with Gasteiger partial charge in [-0.25, -0.2) is 0 Å². The molecular weight excluding hydrogens is 471 g/mol. The summed E-state index contributed by atoms with van der Waals surface area (Å²) < 4.78 is 10.9. The van der Waals surface area contributed by atoms with Gasteiger partial charge in [0.05, 0.1) is 31.7 Å². The highest BCUT2D eigenvalue weighted by molar-refractivity contribution is 14.0. The molecule has 156 valence electrons. The summed E-state index contributed by atoms with van der Waals surface area (Å²) in [5, 5.41) is 16.6. The monoisotopic (exact) mass is 502 g/mol. The molecule has 1 aliphatic rings. The highest BCUT2D eigenvalue weighted by atomic mass is 127. The first-order valence-electron chi connectivity index (χ1n) is 9.79. The van der Waals surface area contributed by atoms with Crippen LogP contribution in [0.2, 0.25) is 0 Å². The van der Waals surface area contributed by atoms with Crippen LogP contribution in [0.3, 0.4) is 0 Å². The molecule has 1 aliphatic heterocycles. The molecule has 2 atom stereocenters. The molecule has 2 aromatic rings. The van der Waals surface area contributed by atoms with E-state index in [0.29, 0.717) is 24.8 Å². The lowest BCUT2D eigenvalue weighted by Crippen LogP contribution is -2.41. The summed E-state index contributed by atoms with van der Waals surface area (Å²) in [5.74, 6) is 2.17. The van der Waals surface area contributed by atoms with Crippen molar-refractivity contribution < 1.29 is 13.9 Å². The zero-order chi connectivity index (χ0) is 18.9. The average Bonchev–Trinajstić information content (AvgIpc) is 3.41. The average molecular weight is 502 g/mol. The highest BCUT2D eigenvalue weighted by Gasteiger charge is 2.24. The number of piperidine rings is 1. The van der Waals surface area contributed by atoms with Crippen molar-refractivity contribution in [2.24, 2.45) is 4.99 Å². The number of furan rings is 2. The Balaban J connectivity index is 0.00000280. The van der Waals surface area contributed by atoms with Gasteiger partial charge in [0.2, 0.25) is 0 Å². The third kappa shape index (κ3) is 6.52. The zero-order valence-corrected chi connectivity index (χ0v) is 18.7. The summed E-state index contributed by atoms with van der Waals surface area (Å²) in [4.78, 5) is 7.20. The quantitative estimate of drug-likeness (QED) is 0.292. The van der Waals surface area contributed by atoms with Crippen molar-refractivity contribution in [2.45, 2.75) is 38.3 Å². The van der Waals surface area contributed by atoms with Crippen LogP contribution < -0.4 is 10.6 Å². The molecule has 0 saturated carbocycles. The standard InChI is InChI=1S/C20H30N4O3.HI/c1-2-21-20(23-15-17(25)19-9-7-13-27-19)22-14-16(18-8-6-12-26-18)24-10-4-3-5-11-24;/h6-9,12-13,16-17,25H,2-5,10-11,14-15H2,1H3,(H2,21,22,23);1H. The van der Waals surface area contributed by atoms with Gasteiger partial charge in [-0.15, -0.1) is 24.0 Å². The van der Waals surface area contributed by atoms with Crippen LogP contribution in [0.5, 0.6) is 0 Å². The lowest BCUT2D eigenvalue weighted by atomic mass is 10.1. The van der Waals surface area contributed by atoms with E-state index in [0.717, 1.165) is 25.4 Å². The molecule has 3 heterocycles. The van der Waals surface area contributed by atoms with Crippen molar-refractivity contribution in [3.8, 4) is 0 Å². The van der Waals surface area contributed by atoms with E-state index in [-0.39, 0.29) is 30.0 Å². The topological polar surface area (TPSA) is 86.2 Å². The van der Waals surface area contributed by atoms with Gasteiger partial charge >= 0.3 is 0 Å². The van der Waals surface area contributed by atoms with Crippen molar-refractivity contribution in [3.05, 3.63) is 48.3 Å². The molecule has 1 fully saturated rings. The number of hydrogen-bond donors (Lipinski definition) is 3. The molecule has 2 aromatic heterocycles. The van der Waals surface area contributed by atoms with Crippen LogP contribution in [0.1, 0.15) is 49.9 Å². The van der Waals surface area contributed by atoms with E-state index < -0.39 is 6.10 Å². The maximum absolute atomic E-state index is 10.2. The van der Waals surface area contributed by atoms with Gasteiger partial charge in [0.15, 0.2) is 5.96 Å². The van der Waals surface area contributed by atoms with Crippen molar-refractivity contribution in [3.63, 3.8) is 0 Å². The molecule has 3 rings (SSSR count). The van der Waals surface area contributed by atoms with Gasteiger partial charge in [-0.1, -0.05) is 6.42 Å². The molecule has 0 spiro atoms. The normalized spacial score (nSPS) is 17.6. The zero-order valence-electron chi connectivity index (χ0n) is 16.3. The lowest BCUT2D eigenvalue weighted by molar-refractivity contribution is 0.149. The lowest BCUT2D eigenvalue weighted by Gasteiger charge is -2.32. The fourth-order valence-electron chi connectivity index (χ4n) is 3.39. The van der Waals surface area contributed by atoms with E-state index in [1.54, 1.807) is 24.7 Å². The fraction of sp³-hybridized carbons (Fsp3) is 0.550. The number of aliphatic hydroxyl groups is 1. The highest BCUT2D eigenvalue weighted by Crippen LogP contribution is 2.25. The number of aliphatic hydroxyl groups excluding tert-OH is 1. The predicted octanol–water partition coefficient (Wildman–Crippen LogP) is 3.31. The third-order valence-corrected chi connectivity index (χ3v) is 4.80. The number of hydrogen-bond acceptors (Lipinski definition) is 5. The molecule has 1 saturated heterocycles. The van der Waals surface area contributed by atoms with Crippen LogP contribution in [0.4, 0.5) is 0 Å². The number of aliphatic imine (C=N–C) groups is 1. The maximum Gasteiger partial charge on any atom is 0.191 e. The number of likely N-dealkylation sites (tertiary alicyclic amines) is 1. The number of halogens is 1. The van der Waals surface area contributed by atoms with Crippen molar-refractivity contribution >= 4 is 29.9 Å². The molecule has 2 unspecified atom stereocenters. The Hall–Kier alpha value is -1.52. The molecule has 7 nitrogen and oxygen atoms in total. The Morgan fingerprint density at radius 2 is 1.79 bits per heavy atom. The van der Waals surface area contributed by atoms with E-state index in [4.69, 9.17) is 13.8 Å². The Labute approximate surface area is 183 Å². The van der Waals surface area contributed by atoms with Gasteiger partial charge in [0, 0.05) is 6.54 Å². The first-order chi connectivity index (χ1) is 13.3. The van der Waals surface area contributed by atoms with E-state index in [1.807, 2.05) is 19.1 Å². The van der Waals surface area contributed by atoms with E-state index in [9.17, 15) is 5.11 Å². The second-order valence-electron chi connectivity index (χ2n) is 6.76. The maximum atomic E-state index is 10.2. The summed E-state index contributed by atoms with van der Waals surface area (Å²) in [5.41, 5.74) is 0. The smallest absolute Gasteiger partial charge is 0.191 e. The minimum absolute atomic E-state index is 0. The first-order valence-corrected chi connectivity index (χ1v) is 9.79. The Morgan fingerprint density at radius 1 is 1.11 bits per heavy atom. The molecular formula is C20H31IN4O3. The predicted molar refractivity (Wildman–Crippen MR) is 120 cm³/mol. The molecule has 0 amide bonds. The van der Waals surface area contributed by atoms with E-state index in [1.165, 1.54) is 19.3 Å². The number of guanidine groups is 1.